The van der Waals surface area contributed by atoms with E-state index in [0.717, 1.165) is 0 Å². The van der Waals surface area contributed by atoms with Gasteiger partial charge in [0.25, 0.3) is 0 Å². The van der Waals surface area contributed by atoms with Crippen LogP contribution >= 0.6 is 11.6 Å². The molecular formula is C11H12ClNO4. The molecule has 0 radical (unpaired) electrons. The van der Waals surface area contributed by atoms with Crippen molar-refractivity contribution in [3.63, 3.8) is 0 Å². The summed E-state index contributed by atoms with van der Waals surface area (Å²) in [6, 6.07) is 4.20. The molecule has 1 rings (SSSR count). The number of amides is 1. The SMILES string of the molecule is COCCC(=O)Nc1cc(Cl)ccc1C(=O)O. The Morgan fingerprint density at radius 2 is 2.18 bits per heavy atom. The standard InChI is InChI=1S/C11H12ClNO4/c1-17-5-4-10(14)13-9-6-7(12)2-3-8(9)11(15)16/h2-3,6H,4-5H2,1H3,(H,13,14)(H,15,16). The van der Waals surface area contributed by atoms with E-state index in [-0.39, 0.29) is 30.2 Å². The van der Waals surface area contributed by atoms with E-state index < -0.39 is 5.97 Å². The van der Waals surface area contributed by atoms with E-state index in [1.54, 1.807) is 0 Å². The van der Waals surface area contributed by atoms with E-state index in [1.807, 2.05) is 0 Å². The van der Waals surface area contributed by atoms with Crippen molar-refractivity contribution in [2.45, 2.75) is 6.42 Å². The van der Waals surface area contributed by atoms with Gasteiger partial charge in [-0.25, -0.2) is 4.79 Å². The Bertz CT molecular complexity index is 433. The van der Waals surface area contributed by atoms with Gasteiger partial charge in [-0.1, -0.05) is 11.6 Å². The van der Waals surface area contributed by atoms with Gasteiger partial charge in [-0.3, -0.25) is 4.79 Å². The number of anilines is 1. The highest BCUT2D eigenvalue weighted by atomic mass is 35.5. The number of rotatable bonds is 5. The number of hydrogen-bond donors (Lipinski definition) is 2. The van der Waals surface area contributed by atoms with Gasteiger partial charge in [0.2, 0.25) is 5.91 Å². The van der Waals surface area contributed by atoms with Gasteiger partial charge in [0.05, 0.1) is 24.3 Å². The van der Waals surface area contributed by atoms with Crippen LogP contribution in [0.3, 0.4) is 0 Å². The lowest BCUT2D eigenvalue weighted by atomic mass is 10.1. The number of halogens is 1. The first-order valence-electron chi connectivity index (χ1n) is 4.86. The number of carbonyl (C=O) groups excluding carboxylic acids is 1. The Labute approximate surface area is 103 Å². The molecule has 0 aliphatic heterocycles. The summed E-state index contributed by atoms with van der Waals surface area (Å²) in [6.45, 7) is 0.273. The van der Waals surface area contributed by atoms with Crippen molar-refractivity contribution < 1.29 is 19.4 Å². The van der Waals surface area contributed by atoms with Gasteiger partial charge < -0.3 is 15.2 Å². The van der Waals surface area contributed by atoms with Crippen molar-refractivity contribution in [3.05, 3.63) is 28.8 Å². The summed E-state index contributed by atoms with van der Waals surface area (Å²) in [5.74, 6) is -1.44. The largest absolute Gasteiger partial charge is 0.478 e. The molecule has 0 atom stereocenters. The maximum Gasteiger partial charge on any atom is 0.337 e. The second kappa shape index (κ2) is 6.22. The van der Waals surface area contributed by atoms with Gasteiger partial charge in [0.1, 0.15) is 0 Å². The van der Waals surface area contributed by atoms with Gasteiger partial charge in [-0.05, 0) is 18.2 Å². The van der Waals surface area contributed by atoms with Gasteiger partial charge in [0.15, 0.2) is 0 Å². The van der Waals surface area contributed by atoms with Crippen molar-refractivity contribution in [1.29, 1.82) is 0 Å². The molecule has 1 amide bonds. The normalized spacial score (nSPS) is 10.0. The molecule has 1 aromatic rings. The number of benzene rings is 1. The Morgan fingerprint density at radius 1 is 1.47 bits per heavy atom. The van der Waals surface area contributed by atoms with Crippen LogP contribution in [-0.4, -0.2) is 30.7 Å². The van der Waals surface area contributed by atoms with Gasteiger partial charge in [-0.2, -0.15) is 0 Å². The molecule has 0 heterocycles. The summed E-state index contributed by atoms with van der Waals surface area (Å²) in [7, 11) is 1.48. The van der Waals surface area contributed by atoms with Crippen LogP contribution in [0.4, 0.5) is 5.69 Å². The molecule has 17 heavy (non-hydrogen) atoms. The zero-order valence-electron chi connectivity index (χ0n) is 9.20. The minimum atomic E-state index is -1.12. The van der Waals surface area contributed by atoms with Crippen molar-refractivity contribution >= 4 is 29.2 Å². The second-order valence-electron chi connectivity index (χ2n) is 3.29. The highest BCUT2D eigenvalue weighted by Crippen LogP contribution is 2.21. The highest BCUT2D eigenvalue weighted by molar-refractivity contribution is 6.31. The van der Waals surface area contributed by atoms with Gasteiger partial charge >= 0.3 is 5.97 Å². The average molecular weight is 258 g/mol. The van der Waals surface area contributed by atoms with Crippen LogP contribution in [0.15, 0.2) is 18.2 Å². The predicted octanol–water partition coefficient (Wildman–Crippen LogP) is 2.01. The third kappa shape index (κ3) is 4.05. The molecule has 0 saturated heterocycles. The van der Waals surface area contributed by atoms with Crippen LogP contribution in [0.2, 0.25) is 5.02 Å². The Kier molecular flexibility index (Phi) is 4.93. The van der Waals surface area contributed by atoms with E-state index in [1.165, 1.54) is 25.3 Å². The summed E-state index contributed by atoms with van der Waals surface area (Å²) in [6.07, 6.45) is 0.155. The number of carboxylic acid groups (broad SMARTS) is 1. The molecule has 0 saturated carbocycles. The Balaban J connectivity index is 2.85. The first kappa shape index (κ1) is 13.5. The molecule has 0 aliphatic carbocycles. The van der Waals surface area contributed by atoms with E-state index in [4.69, 9.17) is 21.4 Å². The maximum absolute atomic E-state index is 11.4. The fourth-order valence-electron chi connectivity index (χ4n) is 1.21. The zero-order chi connectivity index (χ0) is 12.8. The summed E-state index contributed by atoms with van der Waals surface area (Å²) in [4.78, 5) is 22.3. The van der Waals surface area contributed by atoms with Crippen LogP contribution in [0.25, 0.3) is 0 Å². The van der Waals surface area contributed by atoms with Crippen LogP contribution < -0.4 is 5.32 Å². The summed E-state index contributed by atoms with van der Waals surface area (Å²) < 4.78 is 4.75. The zero-order valence-corrected chi connectivity index (χ0v) is 9.95. The van der Waals surface area contributed by atoms with Crippen LogP contribution in [0, 0.1) is 0 Å². The molecule has 6 heteroatoms. The predicted molar refractivity (Wildman–Crippen MR) is 63.5 cm³/mol. The van der Waals surface area contributed by atoms with Gasteiger partial charge in [0, 0.05) is 12.1 Å². The summed E-state index contributed by atoms with van der Waals surface area (Å²) >= 11 is 5.74. The Morgan fingerprint density at radius 3 is 2.76 bits per heavy atom. The van der Waals surface area contributed by atoms with Crippen molar-refractivity contribution in [2.24, 2.45) is 0 Å². The first-order chi connectivity index (χ1) is 8.04. The van der Waals surface area contributed by atoms with Gasteiger partial charge in [-0.15, -0.1) is 0 Å². The summed E-state index contributed by atoms with van der Waals surface area (Å²) in [5.41, 5.74) is 0.186. The van der Waals surface area contributed by atoms with Crippen LogP contribution in [0.1, 0.15) is 16.8 Å². The molecule has 0 unspecified atom stereocenters. The maximum atomic E-state index is 11.4. The minimum Gasteiger partial charge on any atom is -0.478 e. The highest BCUT2D eigenvalue weighted by Gasteiger charge is 2.12. The topological polar surface area (TPSA) is 75.6 Å². The van der Waals surface area contributed by atoms with Crippen molar-refractivity contribution in [1.82, 2.24) is 0 Å². The molecule has 0 aromatic heterocycles. The molecule has 1 aromatic carbocycles. The number of aromatic carboxylic acids is 1. The quantitative estimate of drug-likeness (QED) is 0.846. The minimum absolute atomic E-state index is 0.000154. The van der Waals surface area contributed by atoms with Crippen LogP contribution in [0.5, 0.6) is 0 Å². The molecule has 0 fully saturated rings. The molecule has 92 valence electrons. The molecular weight excluding hydrogens is 246 g/mol. The lowest BCUT2D eigenvalue weighted by Gasteiger charge is -2.08. The Hall–Kier alpha value is -1.59. The number of nitrogens with one attached hydrogen (secondary N) is 1. The fourth-order valence-corrected chi connectivity index (χ4v) is 1.39. The fraction of sp³-hybridized carbons (Fsp3) is 0.273. The van der Waals surface area contributed by atoms with E-state index in [2.05, 4.69) is 5.32 Å². The summed E-state index contributed by atoms with van der Waals surface area (Å²) in [5, 5.41) is 11.8. The third-order valence-electron chi connectivity index (χ3n) is 2.02. The number of carboxylic acids is 1. The number of hydrogen-bond acceptors (Lipinski definition) is 3. The third-order valence-corrected chi connectivity index (χ3v) is 2.25. The monoisotopic (exact) mass is 257 g/mol. The lowest BCUT2D eigenvalue weighted by Crippen LogP contribution is -2.16. The van der Waals surface area contributed by atoms with E-state index in [0.29, 0.717) is 5.02 Å². The lowest BCUT2D eigenvalue weighted by molar-refractivity contribution is -0.117. The number of ether oxygens (including phenoxy) is 1. The second-order valence-corrected chi connectivity index (χ2v) is 3.72. The molecule has 2 N–H and O–H groups in total. The molecule has 5 nitrogen and oxygen atoms in total. The van der Waals surface area contributed by atoms with Crippen molar-refractivity contribution in [2.75, 3.05) is 19.0 Å². The molecule has 0 spiro atoms. The van der Waals surface area contributed by atoms with E-state index in [9.17, 15) is 9.59 Å². The van der Waals surface area contributed by atoms with E-state index >= 15 is 0 Å². The van der Waals surface area contributed by atoms with Crippen molar-refractivity contribution in [3.8, 4) is 0 Å². The molecule has 0 aliphatic rings. The number of carbonyl (C=O) groups is 2. The smallest absolute Gasteiger partial charge is 0.337 e. The number of methoxy groups -OCH3 is 1. The first-order valence-corrected chi connectivity index (χ1v) is 5.24. The average Bonchev–Trinajstić information content (AvgIpc) is 2.26. The molecule has 0 bridgehead atoms. The van der Waals surface area contributed by atoms with Crippen LogP contribution in [-0.2, 0) is 9.53 Å².